The van der Waals surface area contributed by atoms with Crippen molar-refractivity contribution in [2.24, 2.45) is 0 Å². The molecule has 96 valence electrons. The van der Waals surface area contributed by atoms with Gasteiger partial charge in [0.1, 0.15) is 0 Å². The van der Waals surface area contributed by atoms with Crippen LogP contribution in [0.2, 0.25) is 0 Å². The minimum absolute atomic E-state index is 0.113. The van der Waals surface area contributed by atoms with Crippen LogP contribution in [0.25, 0.3) is 0 Å². The number of esters is 1. The predicted octanol–water partition coefficient (Wildman–Crippen LogP) is 0.932. The molecule has 0 aliphatic carbocycles. The summed E-state index contributed by atoms with van der Waals surface area (Å²) in [5.74, 6) is -0.962. The van der Waals surface area contributed by atoms with Crippen molar-refractivity contribution in [3.63, 3.8) is 0 Å². The topological polar surface area (TPSA) is 77.0 Å². The van der Waals surface area contributed by atoms with E-state index in [9.17, 15) is 14.0 Å². The molecule has 0 radical (unpaired) electrons. The van der Waals surface area contributed by atoms with Crippen LogP contribution in [0.4, 0.5) is 4.39 Å². The number of aromatic amines is 1. The van der Waals surface area contributed by atoms with Crippen LogP contribution < -0.4 is 5.69 Å². The molecule has 0 saturated heterocycles. The molecule has 17 heavy (non-hydrogen) atoms. The first-order valence-electron chi connectivity index (χ1n) is 5.22. The molecule has 1 rings (SSSR count). The maximum Gasteiger partial charge on any atom is 0.351 e. The Bertz CT molecular complexity index is 431. The first kappa shape index (κ1) is 13.8. The second-order valence-electron chi connectivity index (χ2n) is 3.15. The predicted molar refractivity (Wildman–Crippen MR) is 60.5 cm³/mol. The van der Waals surface area contributed by atoms with Crippen molar-refractivity contribution >= 4 is 17.7 Å². The fraction of sp³-hybridized carbons (Fsp3) is 0.667. The lowest BCUT2D eigenvalue weighted by atomic mass is 10.5. The van der Waals surface area contributed by atoms with E-state index in [1.165, 1.54) is 4.57 Å². The summed E-state index contributed by atoms with van der Waals surface area (Å²) in [6, 6.07) is 0. The number of alkyl halides is 1. The number of hydrogen-bond acceptors (Lipinski definition) is 5. The van der Waals surface area contributed by atoms with E-state index in [-0.39, 0.29) is 11.8 Å². The average Bonchev–Trinajstić information content (AvgIpc) is 2.62. The number of halogens is 1. The van der Waals surface area contributed by atoms with E-state index >= 15 is 0 Å². The van der Waals surface area contributed by atoms with Gasteiger partial charge in [0, 0.05) is 6.54 Å². The molecule has 1 N–H and O–H groups in total. The number of nitrogens with one attached hydrogen (secondary N) is 1. The third-order valence-corrected chi connectivity index (χ3v) is 2.77. The molecule has 6 nitrogen and oxygen atoms in total. The second kappa shape index (κ2) is 6.43. The van der Waals surface area contributed by atoms with E-state index in [0.717, 1.165) is 0 Å². The highest BCUT2D eigenvalue weighted by Crippen LogP contribution is 2.22. The molecule has 8 heteroatoms. The summed E-state index contributed by atoms with van der Waals surface area (Å²) < 4.78 is 19.2. The van der Waals surface area contributed by atoms with E-state index < -0.39 is 17.2 Å². The van der Waals surface area contributed by atoms with Gasteiger partial charge in [-0.25, -0.2) is 19.1 Å². The van der Waals surface area contributed by atoms with Gasteiger partial charge in [-0.2, -0.15) is 0 Å². The Morgan fingerprint density at radius 2 is 2.35 bits per heavy atom. The molecule has 0 fully saturated rings. The quantitative estimate of drug-likeness (QED) is 0.610. The van der Waals surface area contributed by atoms with Gasteiger partial charge in [0.05, 0.1) is 6.61 Å². The Morgan fingerprint density at radius 1 is 1.65 bits per heavy atom. The molecular formula is C9H14FN3O3S. The Labute approximate surface area is 102 Å². The largest absolute Gasteiger partial charge is 0.463 e. The summed E-state index contributed by atoms with van der Waals surface area (Å²) in [7, 11) is 0. The van der Waals surface area contributed by atoms with E-state index in [1.807, 2.05) is 6.92 Å². The van der Waals surface area contributed by atoms with Gasteiger partial charge in [-0.1, -0.05) is 6.92 Å². The van der Waals surface area contributed by atoms with Crippen LogP contribution in [-0.4, -0.2) is 32.8 Å². The summed E-state index contributed by atoms with van der Waals surface area (Å²) in [6.07, 6.45) is 0.712. The molecule has 1 atom stereocenters. The summed E-state index contributed by atoms with van der Waals surface area (Å²) in [5, 5.41) is 6.02. The highest BCUT2D eigenvalue weighted by molar-refractivity contribution is 8.00. The molecule has 0 bridgehead atoms. The zero-order chi connectivity index (χ0) is 12.8. The van der Waals surface area contributed by atoms with Crippen LogP contribution in [0, 0.1) is 0 Å². The van der Waals surface area contributed by atoms with Crippen LogP contribution in [-0.2, 0) is 16.1 Å². The summed E-state index contributed by atoms with van der Waals surface area (Å²) in [6.45, 7) is 4.01. The maximum atomic E-state index is 13.4. The van der Waals surface area contributed by atoms with Crippen molar-refractivity contribution in [3.05, 3.63) is 10.5 Å². The number of nitrogens with zero attached hydrogens (tertiary/aromatic N) is 2. The minimum atomic E-state index is -1.87. The lowest BCUT2D eigenvalue weighted by Gasteiger charge is -2.07. The molecular weight excluding hydrogens is 249 g/mol. The molecule has 0 aromatic carbocycles. The monoisotopic (exact) mass is 263 g/mol. The molecule has 1 aromatic heterocycles. The van der Waals surface area contributed by atoms with E-state index in [1.54, 1.807) is 6.92 Å². The zero-order valence-electron chi connectivity index (χ0n) is 9.60. The normalized spacial score (nSPS) is 12.4. The van der Waals surface area contributed by atoms with E-state index in [0.29, 0.717) is 24.7 Å². The van der Waals surface area contributed by atoms with Crippen LogP contribution in [0.3, 0.4) is 0 Å². The smallest absolute Gasteiger partial charge is 0.351 e. The number of thioether (sulfide) groups is 1. The van der Waals surface area contributed by atoms with Crippen molar-refractivity contribution in [3.8, 4) is 0 Å². The summed E-state index contributed by atoms with van der Waals surface area (Å²) in [4.78, 5) is 22.4. The SMILES string of the molecule is CCCn1c(SC(F)C(=O)OCC)n[nH]c1=O. The third kappa shape index (κ3) is 3.58. The number of rotatable bonds is 6. The van der Waals surface area contributed by atoms with Crippen LogP contribution >= 0.6 is 11.8 Å². The molecule has 0 aliphatic heterocycles. The van der Waals surface area contributed by atoms with Gasteiger partial charge in [-0.15, -0.1) is 5.10 Å². The first-order chi connectivity index (χ1) is 8.10. The lowest BCUT2D eigenvalue weighted by Crippen LogP contribution is -2.20. The Hall–Kier alpha value is -1.31. The molecule has 1 unspecified atom stereocenters. The fourth-order valence-electron chi connectivity index (χ4n) is 1.16. The van der Waals surface area contributed by atoms with Crippen molar-refractivity contribution in [2.75, 3.05) is 6.61 Å². The number of hydrogen-bond donors (Lipinski definition) is 1. The second-order valence-corrected chi connectivity index (χ2v) is 4.16. The average molecular weight is 263 g/mol. The summed E-state index contributed by atoms with van der Waals surface area (Å²) >= 11 is 0.558. The van der Waals surface area contributed by atoms with Crippen LogP contribution in [0.1, 0.15) is 20.3 Å². The van der Waals surface area contributed by atoms with Gasteiger partial charge in [-0.3, -0.25) is 4.57 Å². The Balaban J connectivity index is 2.74. The van der Waals surface area contributed by atoms with Crippen molar-refractivity contribution in [2.45, 2.75) is 37.5 Å². The summed E-state index contributed by atoms with van der Waals surface area (Å²) in [5.41, 5.74) is -2.29. The van der Waals surface area contributed by atoms with Gasteiger partial charge in [0.2, 0.25) is 5.50 Å². The first-order valence-corrected chi connectivity index (χ1v) is 6.10. The molecule has 1 aromatic rings. The third-order valence-electron chi connectivity index (χ3n) is 1.85. The minimum Gasteiger partial charge on any atom is -0.463 e. The van der Waals surface area contributed by atoms with Crippen molar-refractivity contribution < 1.29 is 13.9 Å². The van der Waals surface area contributed by atoms with Crippen LogP contribution in [0.15, 0.2) is 9.95 Å². The number of ether oxygens (including phenoxy) is 1. The Morgan fingerprint density at radius 3 is 2.94 bits per heavy atom. The molecule has 0 aliphatic rings. The van der Waals surface area contributed by atoms with Gasteiger partial charge < -0.3 is 4.74 Å². The lowest BCUT2D eigenvalue weighted by molar-refractivity contribution is -0.145. The molecule has 0 amide bonds. The molecule has 1 heterocycles. The standard InChI is InChI=1S/C9H14FN3O3S/c1-3-5-13-8(15)11-12-9(13)17-6(10)7(14)16-4-2/h6H,3-5H2,1-2H3,(H,11,15). The highest BCUT2D eigenvalue weighted by atomic mass is 32.2. The van der Waals surface area contributed by atoms with Gasteiger partial charge >= 0.3 is 11.7 Å². The van der Waals surface area contributed by atoms with Gasteiger partial charge in [0.25, 0.3) is 0 Å². The van der Waals surface area contributed by atoms with Gasteiger partial charge in [0.15, 0.2) is 5.16 Å². The van der Waals surface area contributed by atoms with Crippen LogP contribution in [0.5, 0.6) is 0 Å². The van der Waals surface area contributed by atoms with Crippen molar-refractivity contribution in [1.82, 2.24) is 14.8 Å². The molecule has 0 spiro atoms. The number of carbonyl (C=O) groups excluding carboxylic acids is 1. The number of carbonyl (C=O) groups is 1. The molecule has 0 saturated carbocycles. The Kier molecular flexibility index (Phi) is 5.20. The van der Waals surface area contributed by atoms with E-state index in [4.69, 9.17) is 0 Å². The fourth-order valence-corrected chi connectivity index (χ4v) is 1.91. The van der Waals surface area contributed by atoms with Crippen molar-refractivity contribution in [1.29, 1.82) is 0 Å². The van der Waals surface area contributed by atoms with E-state index in [2.05, 4.69) is 14.9 Å². The zero-order valence-corrected chi connectivity index (χ0v) is 10.4. The van der Waals surface area contributed by atoms with Gasteiger partial charge in [-0.05, 0) is 25.1 Å². The maximum absolute atomic E-state index is 13.4. The highest BCUT2D eigenvalue weighted by Gasteiger charge is 2.23. The number of H-pyrrole nitrogens is 1. The number of aromatic nitrogens is 3.